The zero-order valence-electron chi connectivity index (χ0n) is 6.16. The Balaban J connectivity index is 3.43. The maximum atomic E-state index is 5.73. The molecule has 0 fully saturated rings. The van der Waals surface area contributed by atoms with E-state index in [0.29, 0.717) is 0 Å². The summed E-state index contributed by atoms with van der Waals surface area (Å²) >= 11 is 33.6. The lowest BCUT2D eigenvalue weighted by molar-refractivity contribution is 1.16. The highest BCUT2D eigenvalue weighted by Crippen LogP contribution is 2.36. The molecular weight excluding hydrogens is 313 g/mol. The van der Waals surface area contributed by atoms with E-state index in [9.17, 15) is 0 Å². The van der Waals surface area contributed by atoms with E-state index in [1.54, 1.807) is 0 Å². The van der Waals surface area contributed by atoms with Crippen molar-refractivity contribution < 1.29 is 0 Å². The summed E-state index contributed by atoms with van der Waals surface area (Å²) in [4.78, 5) is 7.27. The van der Waals surface area contributed by atoms with E-state index < -0.39 is 0 Å². The molecule has 0 saturated carbocycles. The van der Waals surface area contributed by atoms with Crippen LogP contribution in [-0.4, -0.2) is 9.97 Å². The minimum atomic E-state index is -0.179. The summed E-state index contributed by atoms with van der Waals surface area (Å²) in [7, 11) is 0. The van der Waals surface area contributed by atoms with Crippen LogP contribution in [0.3, 0.4) is 0 Å². The van der Waals surface area contributed by atoms with E-state index in [2.05, 4.69) is 9.97 Å². The first-order valence-electron chi connectivity index (χ1n) is 3.03. The summed E-state index contributed by atoms with van der Waals surface area (Å²) in [5.41, 5.74) is 0.152. The van der Waals surface area contributed by atoms with E-state index in [4.69, 9.17) is 69.6 Å². The van der Waals surface area contributed by atoms with Crippen LogP contribution >= 0.6 is 69.6 Å². The fourth-order valence-electron chi connectivity index (χ4n) is 0.660. The van der Waals surface area contributed by atoms with Crippen molar-refractivity contribution in [2.45, 2.75) is 0 Å². The van der Waals surface area contributed by atoms with E-state index in [0.717, 1.165) is 0 Å². The molecule has 0 atom stereocenters. The van der Waals surface area contributed by atoms with Gasteiger partial charge in [0.25, 0.3) is 0 Å². The summed E-state index contributed by atoms with van der Waals surface area (Å²) in [6, 6.07) is 0. The lowest BCUT2D eigenvalue weighted by Crippen LogP contribution is -1.92. The van der Waals surface area contributed by atoms with E-state index in [1.165, 1.54) is 0 Å². The van der Waals surface area contributed by atoms with Gasteiger partial charge in [-0.05, 0) is 11.6 Å². The van der Waals surface area contributed by atoms with E-state index in [-0.39, 0.29) is 30.7 Å². The maximum Gasteiger partial charge on any atom is 0.225 e. The van der Waals surface area contributed by atoms with Gasteiger partial charge in [-0.3, -0.25) is 0 Å². The quantitative estimate of drug-likeness (QED) is 0.551. The molecule has 0 radical (unpaired) electrons. The topological polar surface area (TPSA) is 25.8 Å². The third kappa shape index (κ3) is 2.78. The molecule has 0 aromatic carbocycles. The average Bonchev–Trinajstić information content (AvgIpc) is 2.01. The van der Waals surface area contributed by atoms with Crippen LogP contribution in [-0.2, 0) is 0 Å². The molecule has 14 heavy (non-hydrogen) atoms. The summed E-state index contributed by atoms with van der Waals surface area (Å²) in [5.74, 6) is 0. The fourth-order valence-corrected chi connectivity index (χ4v) is 1.96. The van der Waals surface area contributed by atoms with E-state index in [1.807, 2.05) is 0 Å². The first-order chi connectivity index (χ1) is 6.43. The van der Waals surface area contributed by atoms with Gasteiger partial charge in [0.1, 0.15) is 14.8 Å². The number of hydrogen-bond donors (Lipinski definition) is 0. The highest BCUT2D eigenvalue weighted by molar-refractivity contribution is 6.67. The summed E-state index contributed by atoms with van der Waals surface area (Å²) in [6.45, 7) is 0. The Morgan fingerprint density at radius 2 is 1.29 bits per heavy atom. The largest absolute Gasteiger partial charge is 0.225 e. The van der Waals surface area contributed by atoms with Gasteiger partial charge in [0.15, 0.2) is 0 Å². The first-order valence-corrected chi connectivity index (χ1v) is 5.30. The number of aromatic nitrogens is 2. The molecule has 0 amide bonds. The van der Waals surface area contributed by atoms with Crippen LogP contribution in [0.15, 0.2) is 4.49 Å². The van der Waals surface area contributed by atoms with Gasteiger partial charge < -0.3 is 0 Å². The van der Waals surface area contributed by atoms with Crippen LogP contribution in [0.25, 0.3) is 5.03 Å². The summed E-state index contributed by atoms with van der Waals surface area (Å²) < 4.78 is -0.179. The zero-order chi connectivity index (χ0) is 10.9. The molecule has 0 spiro atoms. The Hall–Kier alpha value is 0.560. The van der Waals surface area contributed by atoms with Crippen molar-refractivity contribution in [2.24, 2.45) is 0 Å². The SMILES string of the molecule is ClC(Cl)=C(Cl)c1c(Cl)nc(Cl)nc1Cl. The smallest absolute Gasteiger partial charge is 0.205 e. The van der Waals surface area contributed by atoms with Crippen molar-refractivity contribution in [3.05, 3.63) is 25.6 Å². The van der Waals surface area contributed by atoms with Crippen LogP contribution in [0, 0.1) is 0 Å². The zero-order valence-corrected chi connectivity index (χ0v) is 10.7. The molecule has 1 aromatic heterocycles. The Bertz CT molecular complexity index is 374. The number of nitrogens with zero attached hydrogens (tertiary/aromatic N) is 2. The predicted octanol–water partition coefficient (Wildman–Crippen LogP) is 4.78. The maximum absolute atomic E-state index is 5.73. The van der Waals surface area contributed by atoms with Gasteiger partial charge in [-0.2, -0.15) is 0 Å². The van der Waals surface area contributed by atoms with Gasteiger partial charge in [-0.15, -0.1) is 0 Å². The summed E-state index contributed by atoms with van der Waals surface area (Å²) in [6.07, 6.45) is 0. The molecule has 76 valence electrons. The normalized spacial score (nSPS) is 10.1. The minimum Gasteiger partial charge on any atom is -0.205 e. The minimum absolute atomic E-state index is 0.0150. The average molecular weight is 313 g/mol. The molecular formula is C6Cl6N2. The molecule has 0 aliphatic rings. The van der Waals surface area contributed by atoms with Crippen molar-refractivity contribution in [2.75, 3.05) is 0 Å². The van der Waals surface area contributed by atoms with Gasteiger partial charge in [0, 0.05) is 0 Å². The second kappa shape index (κ2) is 5.06. The van der Waals surface area contributed by atoms with Crippen molar-refractivity contribution in [1.82, 2.24) is 9.97 Å². The van der Waals surface area contributed by atoms with E-state index >= 15 is 0 Å². The van der Waals surface area contributed by atoms with Crippen LogP contribution in [0.1, 0.15) is 5.56 Å². The van der Waals surface area contributed by atoms with Crippen molar-refractivity contribution >= 4 is 74.6 Å². The highest BCUT2D eigenvalue weighted by atomic mass is 35.5. The molecule has 0 bridgehead atoms. The molecule has 8 heteroatoms. The molecule has 0 aliphatic heterocycles. The lowest BCUT2D eigenvalue weighted by atomic mass is 10.3. The standard InChI is InChI=1S/C6Cl6N2/c7-2(3(8)9)1-4(10)13-6(12)14-5(1)11. The number of halogens is 6. The monoisotopic (exact) mass is 310 g/mol. The lowest BCUT2D eigenvalue weighted by Gasteiger charge is -2.04. The fraction of sp³-hybridized carbons (Fsp3) is 0. The first kappa shape index (κ1) is 12.6. The second-order valence-corrected chi connectivity index (χ2v) is 4.41. The van der Waals surface area contributed by atoms with Gasteiger partial charge in [0.2, 0.25) is 5.28 Å². The Morgan fingerprint density at radius 3 is 1.64 bits per heavy atom. The van der Waals surface area contributed by atoms with Crippen molar-refractivity contribution in [3.8, 4) is 0 Å². The third-order valence-electron chi connectivity index (χ3n) is 1.18. The Labute approximate surface area is 110 Å². The Morgan fingerprint density at radius 1 is 0.857 bits per heavy atom. The molecule has 0 saturated heterocycles. The molecule has 2 nitrogen and oxygen atoms in total. The summed E-state index contributed by atoms with van der Waals surface area (Å²) in [5, 5.41) is -0.142. The van der Waals surface area contributed by atoms with Gasteiger partial charge in [-0.25, -0.2) is 9.97 Å². The highest BCUT2D eigenvalue weighted by Gasteiger charge is 2.16. The second-order valence-electron chi connectivity index (χ2n) is 2.02. The number of rotatable bonds is 1. The van der Waals surface area contributed by atoms with Crippen LogP contribution < -0.4 is 0 Å². The van der Waals surface area contributed by atoms with Crippen LogP contribution in [0.4, 0.5) is 0 Å². The molecule has 0 aliphatic carbocycles. The van der Waals surface area contributed by atoms with Gasteiger partial charge in [0.05, 0.1) is 10.6 Å². The molecule has 0 unspecified atom stereocenters. The molecule has 1 heterocycles. The van der Waals surface area contributed by atoms with Crippen LogP contribution in [0.5, 0.6) is 0 Å². The molecule has 1 aromatic rings. The molecule has 1 rings (SSSR count). The predicted molar refractivity (Wildman–Crippen MR) is 61.5 cm³/mol. The molecule has 0 N–H and O–H groups in total. The van der Waals surface area contributed by atoms with Crippen LogP contribution in [0.2, 0.25) is 15.6 Å². The third-order valence-corrected chi connectivity index (χ3v) is 2.84. The Kier molecular flexibility index (Phi) is 4.56. The van der Waals surface area contributed by atoms with Gasteiger partial charge in [-0.1, -0.05) is 58.0 Å². The van der Waals surface area contributed by atoms with Gasteiger partial charge >= 0.3 is 0 Å². The van der Waals surface area contributed by atoms with Crippen molar-refractivity contribution in [3.63, 3.8) is 0 Å². The number of hydrogen-bond acceptors (Lipinski definition) is 2. The van der Waals surface area contributed by atoms with Crippen molar-refractivity contribution in [1.29, 1.82) is 0 Å².